The van der Waals surface area contributed by atoms with Crippen LogP contribution in [0.4, 0.5) is 4.39 Å². The molecule has 0 unspecified atom stereocenters. The van der Waals surface area contributed by atoms with Crippen molar-refractivity contribution in [2.75, 3.05) is 13.1 Å². The standard InChI is InChI=1S/C21H18ClFO3S/c1-26-20-7-4-15(10-19(20)22)18-12-21(8-9-21)11-17(18)14-2-5-16(6-3-14)27(24,25)13-23/h2-7,10-12H,8-9,13H2,1H3. The Labute approximate surface area is 163 Å². The van der Waals surface area contributed by atoms with Crippen LogP contribution in [0.2, 0.25) is 5.02 Å². The van der Waals surface area contributed by atoms with Crippen LogP contribution in [-0.2, 0) is 9.84 Å². The lowest BCUT2D eigenvalue weighted by atomic mass is 9.95. The Kier molecular flexibility index (Phi) is 4.40. The highest BCUT2D eigenvalue weighted by Gasteiger charge is 2.43. The van der Waals surface area contributed by atoms with Crippen molar-refractivity contribution < 1.29 is 17.5 Å². The van der Waals surface area contributed by atoms with Crippen LogP contribution in [-0.4, -0.2) is 21.5 Å². The molecular weight excluding hydrogens is 387 g/mol. The van der Waals surface area contributed by atoms with Gasteiger partial charge < -0.3 is 4.74 Å². The molecule has 27 heavy (non-hydrogen) atoms. The summed E-state index contributed by atoms with van der Waals surface area (Å²) in [6.07, 6.45) is 6.68. The van der Waals surface area contributed by atoms with E-state index >= 15 is 0 Å². The lowest BCUT2D eigenvalue weighted by molar-refractivity contribution is 0.415. The zero-order valence-electron chi connectivity index (χ0n) is 14.7. The summed E-state index contributed by atoms with van der Waals surface area (Å²) in [6, 6.07) is 10.7. The fourth-order valence-corrected chi connectivity index (χ4v) is 4.36. The number of alkyl halides is 1. The minimum absolute atomic E-state index is 0.00787. The molecule has 1 spiro atoms. The van der Waals surface area contributed by atoms with Gasteiger partial charge in [-0.15, -0.1) is 0 Å². The number of halogens is 2. The molecule has 4 rings (SSSR count). The highest BCUT2D eigenvalue weighted by atomic mass is 35.5. The van der Waals surface area contributed by atoms with Gasteiger partial charge >= 0.3 is 0 Å². The second kappa shape index (κ2) is 6.50. The van der Waals surface area contributed by atoms with Gasteiger partial charge in [0.2, 0.25) is 9.84 Å². The molecule has 3 nitrogen and oxygen atoms in total. The normalized spacial score (nSPS) is 17.6. The molecule has 0 radical (unpaired) electrons. The predicted molar refractivity (Wildman–Crippen MR) is 105 cm³/mol. The summed E-state index contributed by atoms with van der Waals surface area (Å²) >= 11 is 6.30. The zero-order chi connectivity index (χ0) is 19.2. The summed E-state index contributed by atoms with van der Waals surface area (Å²) < 4.78 is 41.4. The summed E-state index contributed by atoms with van der Waals surface area (Å²) in [6.45, 7) is 0. The largest absolute Gasteiger partial charge is 0.495 e. The molecule has 0 aliphatic heterocycles. The summed E-state index contributed by atoms with van der Waals surface area (Å²) in [5, 5.41) is 0.538. The van der Waals surface area contributed by atoms with Crippen LogP contribution in [0.25, 0.3) is 11.1 Å². The van der Waals surface area contributed by atoms with Crippen molar-refractivity contribution in [3.63, 3.8) is 0 Å². The van der Waals surface area contributed by atoms with E-state index in [2.05, 4.69) is 12.2 Å². The Morgan fingerprint density at radius 1 is 1.04 bits per heavy atom. The molecule has 0 N–H and O–H groups in total. The van der Waals surface area contributed by atoms with Crippen molar-refractivity contribution in [3.05, 3.63) is 70.8 Å². The van der Waals surface area contributed by atoms with Crippen molar-refractivity contribution >= 4 is 32.6 Å². The number of hydrogen-bond donors (Lipinski definition) is 0. The van der Waals surface area contributed by atoms with Crippen LogP contribution in [0.5, 0.6) is 5.75 Å². The van der Waals surface area contributed by atoms with Gasteiger partial charge in [-0.1, -0.05) is 42.0 Å². The molecule has 0 bridgehead atoms. The Morgan fingerprint density at radius 3 is 2.15 bits per heavy atom. The van der Waals surface area contributed by atoms with Crippen LogP contribution in [0.15, 0.2) is 59.5 Å². The van der Waals surface area contributed by atoms with E-state index in [1.807, 2.05) is 18.2 Å². The van der Waals surface area contributed by atoms with Crippen molar-refractivity contribution in [3.8, 4) is 5.75 Å². The Bertz CT molecular complexity index is 1070. The van der Waals surface area contributed by atoms with Crippen molar-refractivity contribution in [1.29, 1.82) is 0 Å². The molecule has 1 fully saturated rings. The molecule has 2 aromatic rings. The fourth-order valence-electron chi connectivity index (χ4n) is 3.42. The lowest BCUT2D eigenvalue weighted by Crippen LogP contribution is -2.02. The van der Waals surface area contributed by atoms with Crippen LogP contribution < -0.4 is 4.74 Å². The summed E-state index contributed by atoms with van der Waals surface area (Å²) in [5.41, 5.74) is 4.07. The first-order valence-electron chi connectivity index (χ1n) is 8.57. The highest BCUT2D eigenvalue weighted by Crippen LogP contribution is 2.57. The molecule has 0 aromatic heterocycles. The van der Waals surface area contributed by atoms with Crippen molar-refractivity contribution in [2.45, 2.75) is 17.7 Å². The van der Waals surface area contributed by atoms with E-state index in [9.17, 15) is 12.8 Å². The SMILES string of the molecule is COc1ccc(C2=CC3(C=C2c2ccc(S(=O)(=O)CF)cc2)CC3)cc1Cl. The average Bonchev–Trinajstić information content (AvgIpc) is 3.32. The topological polar surface area (TPSA) is 43.4 Å². The number of allylic oxidation sites excluding steroid dienone is 4. The maximum absolute atomic E-state index is 12.7. The van der Waals surface area contributed by atoms with Gasteiger partial charge in [0.05, 0.1) is 17.0 Å². The second-order valence-electron chi connectivity index (χ2n) is 6.95. The van der Waals surface area contributed by atoms with Gasteiger partial charge in [0.25, 0.3) is 0 Å². The van der Waals surface area contributed by atoms with Gasteiger partial charge in [0.15, 0.2) is 6.01 Å². The molecule has 0 amide bonds. The number of rotatable bonds is 5. The third-order valence-electron chi connectivity index (χ3n) is 5.11. The van der Waals surface area contributed by atoms with Gasteiger partial charge in [-0.05, 0) is 59.4 Å². The van der Waals surface area contributed by atoms with Crippen LogP contribution in [0.1, 0.15) is 24.0 Å². The van der Waals surface area contributed by atoms with E-state index in [4.69, 9.17) is 16.3 Å². The molecular formula is C21H18ClFO3S. The minimum atomic E-state index is -3.86. The second-order valence-corrected chi connectivity index (χ2v) is 9.27. The first-order chi connectivity index (χ1) is 12.9. The quantitative estimate of drug-likeness (QED) is 0.678. The summed E-state index contributed by atoms with van der Waals surface area (Å²) in [7, 11) is -2.28. The van der Waals surface area contributed by atoms with E-state index in [1.165, 1.54) is 12.1 Å². The monoisotopic (exact) mass is 404 g/mol. The van der Waals surface area contributed by atoms with Crippen LogP contribution in [0.3, 0.4) is 0 Å². The maximum atomic E-state index is 12.7. The number of hydrogen-bond acceptors (Lipinski definition) is 3. The average molecular weight is 405 g/mol. The van der Waals surface area contributed by atoms with E-state index in [0.29, 0.717) is 10.8 Å². The predicted octanol–water partition coefficient (Wildman–Crippen LogP) is 5.31. The Hall–Kier alpha value is -2.11. The van der Waals surface area contributed by atoms with Gasteiger partial charge in [-0.2, -0.15) is 0 Å². The van der Waals surface area contributed by atoms with E-state index in [1.54, 1.807) is 19.2 Å². The highest BCUT2D eigenvalue weighted by molar-refractivity contribution is 7.91. The molecule has 0 heterocycles. The number of methoxy groups -OCH3 is 1. The zero-order valence-corrected chi connectivity index (χ0v) is 16.3. The fraction of sp³-hybridized carbons (Fsp3) is 0.238. The number of sulfone groups is 1. The van der Waals surface area contributed by atoms with E-state index in [-0.39, 0.29) is 10.3 Å². The molecule has 1 saturated carbocycles. The minimum Gasteiger partial charge on any atom is -0.495 e. The first kappa shape index (κ1) is 18.3. The Balaban J connectivity index is 1.74. The Morgan fingerprint density at radius 2 is 1.63 bits per heavy atom. The smallest absolute Gasteiger partial charge is 0.207 e. The lowest BCUT2D eigenvalue weighted by Gasteiger charge is -2.12. The molecule has 2 aliphatic carbocycles. The van der Waals surface area contributed by atoms with Gasteiger partial charge in [0.1, 0.15) is 5.75 Å². The van der Waals surface area contributed by atoms with Crippen molar-refractivity contribution in [1.82, 2.24) is 0 Å². The van der Waals surface area contributed by atoms with Gasteiger partial charge in [0, 0.05) is 5.41 Å². The van der Waals surface area contributed by atoms with Gasteiger partial charge in [-0.3, -0.25) is 0 Å². The molecule has 6 heteroatoms. The molecule has 2 aromatic carbocycles. The van der Waals surface area contributed by atoms with E-state index < -0.39 is 15.8 Å². The maximum Gasteiger partial charge on any atom is 0.207 e. The summed E-state index contributed by atoms with van der Waals surface area (Å²) in [5.74, 6) is 0.617. The molecule has 0 atom stereocenters. The van der Waals surface area contributed by atoms with Gasteiger partial charge in [-0.25, -0.2) is 12.8 Å². The third kappa shape index (κ3) is 3.30. The molecule has 2 aliphatic rings. The van der Waals surface area contributed by atoms with Crippen LogP contribution >= 0.6 is 11.6 Å². The summed E-state index contributed by atoms with van der Waals surface area (Å²) in [4.78, 5) is -0.00787. The van der Waals surface area contributed by atoms with Crippen molar-refractivity contribution in [2.24, 2.45) is 5.41 Å². The van der Waals surface area contributed by atoms with E-state index in [0.717, 1.165) is 35.1 Å². The number of ether oxygens (including phenoxy) is 1. The third-order valence-corrected chi connectivity index (χ3v) is 6.69. The number of benzene rings is 2. The molecule has 0 saturated heterocycles. The first-order valence-corrected chi connectivity index (χ1v) is 10.6. The van der Waals surface area contributed by atoms with Crippen LogP contribution in [0, 0.1) is 5.41 Å². The molecule has 140 valence electrons.